The number of nitrogens with two attached hydrogens (primary N) is 2. The molecule has 6 N–H and O–H groups in total. The third-order valence-electron chi connectivity index (χ3n) is 5.32. The number of aromatic amines is 1. The number of unbranched alkanes of at least 4 members (excludes halogenated alkanes) is 1. The van der Waals surface area contributed by atoms with Crippen molar-refractivity contribution in [3.05, 3.63) is 66.7 Å². The molecule has 7 nitrogen and oxygen atoms in total. The third kappa shape index (κ3) is 4.66. The second-order valence-electron chi connectivity index (χ2n) is 7.59. The second kappa shape index (κ2) is 9.67. The van der Waals surface area contributed by atoms with Crippen LogP contribution in [-0.2, 0) is 4.79 Å². The normalized spacial score (nSPS) is 12.1. The molecule has 1 aromatic carbocycles. The number of halogens is 1. The number of carbonyl (C=O) groups excluding carboxylic acids is 1. The van der Waals surface area contributed by atoms with Crippen LogP contribution in [-0.4, -0.2) is 33.4 Å². The SMILES string of the molecule is NCCCC[C@H](N)C(=O)Nc1ccc2c(-c3ccncc3)c(-c3ccc(F)cc3)[nH]c2n1. The first-order chi connectivity index (χ1) is 15.6. The molecule has 0 saturated carbocycles. The van der Waals surface area contributed by atoms with Crippen LogP contribution in [0.25, 0.3) is 33.4 Å². The van der Waals surface area contributed by atoms with Crippen molar-refractivity contribution in [2.45, 2.75) is 25.3 Å². The predicted molar refractivity (Wildman–Crippen MR) is 124 cm³/mol. The molecule has 0 radical (unpaired) electrons. The fourth-order valence-electron chi connectivity index (χ4n) is 3.65. The van der Waals surface area contributed by atoms with E-state index in [1.807, 2.05) is 18.2 Å². The van der Waals surface area contributed by atoms with Gasteiger partial charge in [0, 0.05) is 23.3 Å². The molecule has 3 heterocycles. The third-order valence-corrected chi connectivity index (χ3v) is 5.32. The number of amides is 1. The van der Waals surface area contributed by atoms with Crippen molar-refractivity contribution in [3.8, 4) is 22.4 Å². The number of anilines is 1. The minimum absolute atomic E-state index is 0.284. The van der Waals surface area contributed by atoms with Crippen LogP contribution in [0.2, 0.25) is 0 Å². The number of pyridine rings is 2. The summed E-state index contributed by atoms with van der Waals surface area (Å²) in [6, 6.07) is 13.1. The smallest absolute Gasteiger partial charge is 0.242 e. The van der Waals surface area contributed by atoms with Crippen LogP contribution >= 0.6 is 0 Å². The molecule has 4 rings (SSSR count). The molecule has 1 amide bonds. The maximum absolute atomic E-state index is 13.5. The number of aromatic nitrogens is 3. The van der Waals surface area contributed by atoms with Crippen LogP contribution in [0.4, 0.5) is 10.2 Å². The van der Waals surface area contributed by atoms with Crippen molar-refractivity contribution in [1.29, 1.82) is 0 Å². The first-order valence-electron chi connectivity index (χ1n) is 10.5. The Morgan fingerprint density at radius 2 is 1.78 bits per heavy atom. The van der Waals surface area contributed by atoms with Gasteiger partial charge >= 0.3 is 0 Å². The fourth-order valence-corrected chi connectivity index (χ4v) is 3.65. The Hall–Kier alpha value is -3.62. The summed E-state index contributed by atoms with van der Waals surface area (Å²) in [6.07, 6.45) is 5.63. The Morgan fingerprint density at radius 3 is 2.50 bits per heavy atom. The number of hydrogen-bond donors (Lipinski definition) is 4. The standard InChI is InChI=1S/C24H25FN6O/c25-17-6-4-16(5-7-17)22-21(15-10-13-28-14-11-15)18-8-9-20(29-23(18)31-22)30-24(32)19(27)3-1-2-12-26/h4-11,13-14,19H,1-3,12,26-27H2,(H2,29,30,31,32)/t19-/m0/s1. The van der Waals surface area contributed by atoms with Gasteiger partial charge in [0.15, 0.2) is 0 Å². The lowest BCUT2D eigenvalue weighted by Crippen LogP contribution is -2.35. The van der Waals surface area contributed by atoms with Crippen molar-refractivity contribution in [1.82, 2.24) is 15.0 Å². The lowest BCUT2D eigenvalue weighted by atomic mass is 10.00. The number of nitrogens with zero attached hydrogens (tertiary/aromatic N) is 2. The molecule has 8 heteroatoms. The molecule has 4 aromatic rings. The predicted octanol–water partition coefficient (Wildman–Crippen LogP) is 3.83. The van der Waals surface area contributed by atoms with Crippen LogP contribution in [0.15, 0.2) is 60.9 Å². The van der Waals surface area contributed by atoms with E-state index in [2.05, 4.69) is 20.3 Å². The molecule has 3 aromatic heterocycles. The molecular weight excluding hydrogens is 407 g/mol. The molecular formula is C24H25FN6O. The number of nitrogens with one attached hydrogen (secondary N) is 2. The van der Waals surface area contributed by atoms with Gasteiger partial charge in [-0.25, -0.2) is 9.37 Å². The van der Waals surface area contributed by atoms with Gasteiger partial charge < -0.3 is 21.8 Å². The van der Waals surface area contributed by atoms with Gasteiger partial charge in [-0.1, -0.05) is 6.42 Å². The van der Waals surface area contributed by atoms with Crippen LogP contribution in [0.1, 0.15) is 19.3 Å². The Bertz CT molecular complexity index is 1210. The molecule has 32 heavy (non-hydrogen) atoms. The van der Waals surface area contributed by atoms with Gasteiger partial charge in [0.1, 0.15) is 17.3 Å². The zero-order valence-corrected chi connectivity index (χ0v) is 17.5. The lowest BCUT2D eigenvalue weighted by molar-refractivity contribution is -0.117. The largest absolute Gasteiger partial charge is 0.339 e. The van der Waals surface area contributed by atoms with Gasteiger partial charge in [0.25, 0.3) is 0 Å². The zero-order chi connectivity index (χ0) is 22.5. The average molecular weight is 433 g/mol. The zero-order valence-electron chi connectivity index (χ0n) is 17.5. The molecule has 0 aliphatic rings. The van der Waals surface area contributed by atoms with Crippen LogP contribution < -0.4 is 16.8 Å². The summed E-state index contributed by atoms with van der Waals surface area (Å²) in [5, 5.41) is 3.67. The highest BCUT2D eigenvalue weighted by atomic mass is 19.1. The summed E-state index contributed by atoms with van der Waals surface area (Å²) in [5.41, 5.74) is 15.6. The molecule has 0 fully saturated rings. The van der Waals surface area contributed by atoms with E-state index in [9.17, 15) is 9.18 Å². The minimum atomic E-state index is -0.621. The summed E-state index contributed by atoms with van der Waals surface area (Å²) in [4.78, 5) is 24.5. The lowest BCUT2D eigenvalue weighted by Gasteiger charge is -2.11. The van der Waals surface area contributed by atoms with E-state index >= 15 is 0 Å². The van der Waals surface area contributed by atoms with Crippen molar-refractivity contribution in [2.24, 2.45) is 11.5 Å². The summed E-state index contributed by atoms with van der Waals surface area (Å²) in [5.74, 6) is -0.181. The molecule has 0 spiro atoms. The molecule has 0 saturated heterocycles. The maximum atomic E-state index is 13.5. The Labute approximate surface area is 185 Å². The highest BCUT2D eigenvalue weighted by molar-refractivity contribution is 6.03. The van der Waals surface area contributed by atoms with Gasteiger partial charge in [0.2, 0.25) is 5.91 Å². The number of carbonyl (C=O) groups is 1. The molecule has 0 bridgehead atoms. The van der Waals surface area contributed by atoms with E-state index in [4.69, 9.17) is 11.5 Å². The van der Waals surface area contributed by atoms with Crippen molar-refractivity contribution < 1.29 is 9.18 Å². The van der Waals surface area contributed by atoms with E-state index in [0.29, 0.717) is 24.4 Å². The van der Waals surface area contributed by atoms with Gasteiger partial charge in [-0.05, 0) is 79.0 Å². The number of fused-ring (bicyclic) bond motifs is 1. The Morgan fingerprint density at radius 1 is 1.03 bits per heavy atom. The van der Waals surface area contributed by atoms with Crippen molar-refractivity contribution >= 4 is 22.8 Å². The number of rotatable bonds is 8. The summed E-state index contributed by atoms with van der Waals surface area (Å²) >= 11 is 0. The van der Waals surface area contributed by atoms with Crippen molar-refractivity contribution in [3.63, 3.8) is 0 Å². The monoisotopic (exact) mass is 432 g/mol. The van der Waals surface area contributed by atoms with Gasteiger partial charge in [-0.3, -0.25) is 9.78 Å². The van der Waals surface area contributed by atoms with E-state index in [1.54, 1.807) is 30.6 Å². The van der Waals surface area contributed by atoms with Crippen LogP contribution in [0, 0.1) is 5.82 Å². The number of benzene rings is 1. The van der Waals surface area contributed by atoms with Crippen LogP contribution in [0.5, 0.6) is 0 Å². The first kappa shape index (κ1) is 21.6. The van der Waals surface area contributed by atoms with Crippen molar-refractivity contribution in [2.75, 3.05) is 11.9 Å². The van der Waals surface area contributed by atoms with Gasteiger partial charge in [-0.15, -0.1) is 0 Å². The fraction of sp³-hybridized carbons (Fsp3) is 0.208. The summed E-state index contributed by atoms with van der Waals surface area (Å²) in [6.45, 7) is 0.579. The molecule has 1 atom stereocenters. The topological polar surface area (TPSA) is 123 Å². The van der Waals surface area contributed by atoms with Crippen LogP contribution in [0.3, 0.4) is 0 Å². The molecule has 164 valence electrons. The van der Waals surface area contributed by atoms with E-state index in [1.165, 1.54) is 12.1 Å². The number of H-pyrrole nitrogens is 1. The van der Waals surface area contributed by atoms with Gasteiger partial charge in [-0.2, -0.15) is 0 Å². The molecule has 0 unspecified atom stereocenters. The second-order valence-corrected chi connectivity index (χ2v) is 7.59. The van der Waals surface area contributed by atoms with Gasteiger partial charge in [0.05, 0.1) is 11.7 Å². The van der Waals surface area contributed by atoms with E-state index in [-0.39, 0.29) is 11.7 Å². The van der Waals surface area contributed by atoms with E-state index in [0.717, 1.165) is 40.6 Å². The molecule has 0 aliphatic carbocycles. The molecule has 0 aliphatic heterocycles. The Balaban J connectivity index is 1.69. The summed E-state index contributed by atoms with van der Waals surface area (Å²) in [7, 11) is 0. The highest BCUT2D eigenvalue weighted by Crippen LogP contribution is 2.38. The maximum Gasteiger partial charge on any atom is 0.242 e. The minimum Gasteiger partial charge on any atom is -0.339 e. The quantitative estimate of drug-likeness (QED) is 0.315. The summed E-state index contributed by atoms with van der Waals surface area (Å²) < 4.78 is 13.5. The highest BCUT2D eigenvalue weighted by Gasteiger charge is 2.18. The number of hydrogen-bond acceptors (Lipinski definition) is 5. The average Bonchev–Trinajstić information content (AvgIpc) is 3.19. The van der Waals surface area contributed by atoms with E-state index < -0.39 is 6.04 Å². The Kier molecular flexibility index (Phi) is 6.53. The first-order valence-corrected chi connectivity index (χ1v) is 10.5.